The lowest BCUT2D eigenvalue weighted by atomic mass is 10.0. The van der Waals surface area contributed by atoms with Gasteiger partial charge in [-0.05, 0) is 54.2 Å². The molecule has 0 spiro atoms. The minimum Gasteiger partial charge on any atom is -0.459 e. The van der Waals surface area contributed by atoms with Gasteiger partial charge in [0.05, 0.1) is 6.54 Å². The summed E-state index contributed by atoms with van der Waals surface area (Å²) in [6, 6.07) is 24.7. The van der Waals surface area contributed by atoms with E-state index in [0.717, 1.165) is 54.9 Å². The monoisotopic (exact) mass is 524 g/mol. The summed E-state index contributed by atoms with van der Waals surface area (Å²) < 4.78 is 6.00. The van der Waals surface area contributed by atoms with Crippen LogP contribution < -0.4 is 20.4 Å². The van der Waals surface area contributed by atoms with Crippen LogP contribution in [0.15, 0.2) is 77.2 Å². The lowest BCUT2D eigenvalue weighted by molar-refractivity contribution is 0.444. The summed E-state index contributed by atoms with van der Waals surface area (Å²) in [5.41, 5.74) is 3.74. The molecular formula is C30H32N6OS. The molecule has 194 valence electrons. The molecule has 2 aromatic heterocycles. The Labute approximate surface area is 228 Å². The Morgan fingerprint density at radius 2 is 1.66 bits per heavy atom. The SMILES string of the molecule is C[C@@H]1CCCN(c2cc(N3Cc4ccccc4C3)nc(NC(=S)NCc3ccc(-c4ccccc4)o3)n2)C1. The summed E-state index contributed by atoms with van der Waals surface area (Å²) in [6.45, 7) is 6.46. The second kappa shape index (κ2) is 10.8. The molecule has 1 saturated heterocycles. The number of furan rings is 1. The van der Waals surface area contributed by atoms with Gasteiger partial charge in [-0.3, -0.25) is 0 Å². The maximum Gasteiger partial charge on any atom is 0.232 e. The first-order valence-electron chi connectivity index (χ1n) is 13.3. The third-order valence-electron chi connectivity index (χ3n) is 7.21. The van der Waals surface area contributed by atoms with E-state index in [1.54, 1.807) is 0 Å². The van der Waals surface area contributed by atoms with E-state index in [-0.39, 0.29) is 0 Å². The average Bonchev–Trinajstić information content (AvgIpc) is 3.60. The zero-order valence-corrected chi connectivity index (χ0v) is 22.4. The van der Waals surface area contributed by atoms with Crippen molar-refractivity contribution in [2.45, 2.75) is 39.4 Å². The number of hydrogen-bond donors (Lipinski definition) is 2. The quantitative estimate of drug-likeness (QED) is 0.299. The van der Waals surface area contributed by atoms with Crippen LogP contribution >= 0.6 is 12.2 Å². The highest BCUT2D eigenvalue weighted by Gasteiger charge is 2.24. The van der Waals surface area contributed by atoms with Gasteiger partial charge in [0.25, 0.3) is 0 Å². The second-order valence-electron chi connectivity index (χ2n) is 10.2. The number of piperidine rings is 1. The molecule has 4 aromatic rings. The van der Waals surface area contributed by atoms with Gasteiger partial charge in [0.2, 0.25) is 5.95 Å². The molecule has 2 aromatic carbocycles. The molecule has 4 heterocycles. The van der Waals surface area contributed by atoms with Crippen LogP contribution in [0.4, 0.5) is 17.6 Å². The Morgan fingerprint density at radius 1 is 0.947 bits per heavy atom. The van der Waals surface area contributed by atoms with E-state index in [9.17, 15) is 0 Å². The summed E-state index contributed by atoms with van der Waals surface area (Å²) in [4.78, 5) is 14.4. The molecule has 0 bridgehead atoms. The van der Waals surface area contributed by atoms with Gasteiger partial charge in [-0.25, -0.2) is 0 Å². The highest BCUT2D eigenvalue weighted by Crippen LogP contribution is 2.31. The van der Waals surface area contributed by atoms with E-state index in [4.69, 9.17) is 26.6 Å². The molecule has 0 radical (unpaired) electrons. The molecule has 2 aliphatic rings. The Kier molecular flexibility index (Phi) is 6.96. The highest BCUT2D eigenvalue weighted by atomic mass is 32.1. The van der Waals surface area contributed by atoms with Crippen molar-refractivity contribution in [3.05, 3.63) is 89.7 Å². The van der Waals surface area contributed by atoms with E-state index in [2.05, 4.69) is 57.7 Å². The van der Waals surface area contributed by atoms with Crippen LogP contribution in [0.5, 0.6) is 0 Å². The molecule has 0 unspecified atom stereocenters. The van der Waals surface area contributed by atoms with E-state index in [0.29, 0.717) is 23.5 Å². The predicted molar refractivity (Wildman–Crippen MR) is 156 cm³/mol. The fourth-order valence-corrected chi connectivity index (χ4v) is 5.40. The molecule has 2 N–H and O–H groups in total. The fraction of sp³-hybridized carbons (Fsp3) is 0.300. The third-order valence-corrected chi connectivity index (χ3v) is 7.46. The first-order valence-corrected chi connectivity index (χ1v) is 13.7. The van der Waals surface area contributed by atoms with Gasteiger partial charge >= 0.3 is 0 Å². The molecule has 38 heavy (non-hydrogen) atoms. The smallest absolute Gasteiger partial charge is 0.232 e. The maximum absolute atomic E-state index is 6.00. The van der Waals surface area contributed by atoms with Crippen molar-refractivity contribution in [2.75, 3.05) is 28.2 Å². The van der Waals surface area contributed by atoms with Crippen molar-refractivity contribution in [3.8, 4) is 11.3 Å². The summed E-state index contributed by atoms with van der Waals surface area (Å²) in [6.07, 6.45) is 2.43. The van der Waals surface area contributed by atoms with Gasteiger partial charge in [0.15, 0.2) is 5.11 Å². The van der Waals surface area contributed by atoms with Gasteiger partial charge in [-0.2, -0.15) is 9.97 Å². The molecule has 2 aliphatic heterocycles. The minimum absolute atomic E-state index is 0.461. The number of nitrogens with zero attached hydrogens (tertiary/aromatic N) is 4. The molecule has 1 fully saturated rings. The highest BCUT2D eigenvalue weighted by molar-refractivity contribution is 7.80. The molecular weight excluding hydrogens is 492 g/mol. The van der Waals surface area contributed by atoms with E-state index in [1.165, 1.54) is 24.0 Å². The van der Waals surface area contributed by atoms with E-state index in [1.807, 2.05) is 42.5 Å². The first-order chi connectivity index (χ1) is 18.6. The van der Waals surface area contributed by atoms with Crippen LogP contribution in [0.25, 0.3) is 11.3 Å². The van der Waals surface area contributed by atoms with E-state index >= 15 is 0 Å². The number of fused-ring (bicyclic) bond motifs is 1. The number of anilines is 3. The number of aromatic nitrogens is 2. The number of benzene rings is 2. The van der Waals surface area contributed by atoms with Gasteiger partial charge in [-0.15, -0.1) is 0 Å². The number of rotatable bonds is 6. The molecule has 1 atom stereocenters. The molecule has 0 saturated carbocycles. The van der Waals surface area contributed by atoms with Crippen molar-refractivity contribution in [2.24, 2.45) is 5.92 Å². The Morgan fingerprint density at radius 3 is 2.39 bits per heavy atom. The van der Waals surface area contributed by atoms with Crippen molar-refractivity contribution in [1.29, 1.82) is 0 Å². The summed E-state index contributed by atoms with van der Waals surface area (Å²) in [5.74, 6) is 4.65. The van der Waals surface area contributed by atoms with Crippen LogP contribution in [-0.4, -0.2) is 28.2 Å². The van der Waals surface area contributed by atoms with E-state index < -0.39 is 0 Å². The molecule has 0 aliphatic carbocycles. The van der Waals surface area contributed by atoms with Crippen LogP contribution in [0, 0.1) is 5.92 Å². The minimum atomic E-state index is 0.461. The lowest BCUT2D eigenvalue weighted by Crippen LogP contribution is -2.35. The fourth-order valence-electron chi connectivity index (χ4n) is 5.24. The summed E-state index contributed by atoms with van der Waals surface area (Å²) in [5, 5.41) is 6.93. The lowest BCUT2D eigenvalue weighted by Gasteiger charge is -2.32. The topological polar surface area (TPSA) is 69.5 Å². The van der Waals surface area contributed by atoms with Crippen molar-refractivity contribution >= 4 is 34.9 Å². The van der Waals surface area contributed by atoms with Gasteiger partial charge in [-0.1, -0.05) is 61.5 Å². The summed E-state index contributed by atoms with van der Waals surface area (Å²) in [7, 11) is 0. The first kappa shape index (κ1) is 24.4. The Balaban J connectivity index is 1.17. The predicted octanol–water partition coefficient (Wildman–Crippen LogP) is 5.98. The van der Waals surface area contributed by atoms with Crippen LogP contribution in [0.3, 0.4) is 0 Å². The van der Waals surface area contributed by atoms with Crippen LogP contribution in [0.1, 0.15) is 36.7 Å². The molecule has 6 rings (SSSR count). The summed E-state index contributed by atoms with van der Waals surface area (Å²) >= 11 is 5.62. The van der Waals surface area contributed by atoms with Crippen LogP contribution in [-0.2, 0) is 19.6 Å². The Hall–Kier alpha value is -3.91. The average molecular weight is 525 g/mol. The standard InChI is InChI=1S/C30H32N6OS/c1-21-8-7-15-35(18-21)27-16-28(36-19-23-11-5-6-12-24(23)20-36)33-29(32-27)34-30(38)31-17-25-13-14-26(37-25)22-9-3-2-4-10-22/h2-6,9-14,16,21H,7-8,15,17-20H2,1H3,(H2,31,32,33,34,38)/t21-/m1/s1. The molecule has 8 heteroatoms. The molecule has 7 nitrogen and oxygen atoms in total. The number of nitrogens with one attached hydrogen (secondary N) is 2. The van der Waals surface area contributed by atoms with Crippen LogP contribution in [0.2, 0.25) is 0 Å². The molecule has 0 amide bonds. The van der Waals surface area contributed by atoms with Crippen molar-refractivity contribution in [1.82, 2.24) is 15.3 Å². The normalized spacial score (nSPS) is 16.8. The number of hydrogen-bond acceptors (Lipinski definition) is 6. The second-order valence-corrected chi connectivity index (χ2v) is 10.6. The van der Waals surface area contributed by atoms with Crippen molar-refractivity contribution in [3.63, 3.8) is 0 Å². The van der Waals surface area contributed by atoms with Gasteiger partial charge in [0.1, 0.15) is 23.2 Å². The maximum atomic E-state index is 6.00. The zero-order chi connectivity index (χ0) is 25.9. The van der Waals surface area contributed by atoms with Gasteiger partial charge in [0, 0.05) is 37.8 Å². The zero-order valence-electron chi connectivity index (χ0n) is 21.6. The number of thiocarbonyl (C=S) groups is 1. The largest absolute Gasteiger partial charge is 0.459 e. The Bertz CT molecular complexity index is 1400. The van der Waals surface area contributed by atoms with Gasteiger partial charge < -0.3 is 24.9 Å². The van der Waals surface area contributed by atoms with Crippen molar-refractivity contribution < 1.29 is 4.42 Å². The third kappa shape index (κ3) is 5.50.